The number of hydrogen-bond donors (Lipinski definition) is 2. The summed E-state index contributed by atoms with van der Waals surface area (Å²) in [5.74, 6) is -3.09. The number of aliphatic hydroxyl groups excluding tert-OH is 2. The maximum Gasteiger partial charge on any atom is 2.00 e. The van der Waals surface area contributed by atoms with Crippen LogP contribution in [0.5, 0.6) is 0 Å². The third-order valence-electron chi connectivity index (χ3n) is 0.455. The van der Waals surface area contributed by atoms with Crippen molar-refractivity contribution in [2.45, 2.75) is 0 Å². The van der Waals surface area contributed by atoms with Gasteiger partial charge < -0.3 is 30.0 Å². The molecule has 0 aromatic rings. The third-order valence-corrected chi connectivity index (χ3v) is 0.455. The molecule has 0 rings (SSSR count). The van der Waals surface area contributed by atoms with Crippen molar-refractivity contribution in [3.05, 3.63) is 12.2 Å². The predicted octanol–water partition coefficient (Wildman–Crippen LogP) is -3.99. The van der Waals surface area contributed by atoms with Crippen LogP contribution in [0.1, 0.15) is 0 Å². The first kappa shape index (κ1) is 18.1. The number of aliphatic hydroxyl groups is 2. The average Bonchev–Trinajstić information content (AvgIpc) is 2.01. The molecule has 0 aliphatic heterocycles. The Morgan fingerprint density at radius 3 is 1.31 bits per heavy atom. The van der Waals surface area contributed by atoms with Crippen LogP contribution in [0.4, 0.5) is 0 Å². The van der Waals surface area contributed by atoms with Crippen LogP contribution in [-0.4, -0.2) is 35.4 Å². The number of carboxylic acid groups (broad SMARTS) is 2. The predicted molar refractivity (Wildman–Crippen MR) is 33.3 cm³/mol. The first-order chi connectivity index (χ1) is 5.54. The monoisotopic (exact) mass is 240 g/mol. The molecular formula is C6H8O6Zn. The molecule has 7 heteroatoms. The zero-order valence-electron chi connectivity index (χ0n) is 6.80. The molecule has 0 fully saturated rings. The molecule has 0 aliphatic rings. The average molecular weight is 242 g/mol. The van der Waals surface area contributed by atoms with E-state index in [0.29, 0.717) is 12.2 Å². The molecule has 0 radical (unpaired) electrons. The van der Waals surface area contributed by atoms with Gasteiger partial charge in [-0.05, 0) is 12.2 Å². The summed E-state index contributed by atoms with van der Waals surface area (Å²) < 4.78 is 0. The summed E-state index contributed by atoms with van der Waals surface area (Å²) in [5.41, 5.74) is 0. The molecule has 0 saturated heterocycles. The van der Waals surface area contributed by atoms with E-state index < -0.39 is 11.9 Å². The second-order valence-electron chi connectivity index (χ2n) is 1.42. The van der Waals surface area contributed by atoms with E-state index in [1.54, 1.807) is 0 Å². The SMILES string of the molecule is O=C([O-])/C=C\C(=O)[O-].OCCO.[Zn+2]. The minimum Gasteiger partial charge on any atom is -0.545 e. The number of aliphatic carboxylic acids is 2. The topological polar surface area (TPSA) is 121 Å². The van der Waals surface area contributed by atoms with Crippen molar-refractivity contribution in [3.8, 4) is 0 Å². The number of carboxylic acids is 2. The first-order valence-corrected chi connectivity index (χ1v) is 2.86. The smallest absolute Gasteiger partial charge is 0.545 e. The van der Waals surface area contributed by atoms with E-state index in [1.165, 1.54) is 0 Å². The molecule has 70 valence electrons. The van der Waals surface area contributed by atoms with Gasteiger partial charge in [0.05, 0.1) is 25.2 Å². The first-order valence-electron chi connectivity index (χ1n) is 2.86. The fraction of sp³-hybridized carbons (Fsp3) is 0.333. The van der Waals surface area contributed by atoms with Gasteiger partial charge in [0.25, 0.3) is 0 Å². The molecule has 0 bridgehead atoms. The molecule has 0 amide bonds. The Bertz CT molecular complexity index is 149. The fourth-order valence-corrected chi connectivity index (χ4v) is 0.136. The van der Waals surface area contributed by atoms with Crippen LogP contribution in [0.2, 0.25) is 0 Å². The van der Waals surface area contributed by atoms with Gasteiger partial charge in [0.1, 0.15) is 0 Å². The maximum atomic E-state index is 9.41. The Morgan fingerprint density at radius 1 is 1.00 bits per heavy atom. The van der Waals surface area contributed by atoms with Gasteiger partial charge in [0, 0.05) is 0 Å². The van der Waals surface area contributed by atoms with E-state index in [9.17, 15) is 19.8 Å². The summed E-state index contributed by atoms with van der Waals surface area (Å²) in [6.45, 7) is -0.250. The van der Waals surface area contributed by atoms with E-state index in [4.69, 9.17) is 10.2 Å². The van der Waals surface area contributed by atoms with E-state index in [1.807, 2.05) is 0 Å². The van der Waals surface area contributed by atoms with Gasteiger partial charge in [-0.25, -0.2) is 0 Å². The normalized spacial score (nSPS) is 8.15. The molecule has 13 heavy (non-hydrogen) atoms. The van der Waals surface area contributed by atoms with Gasteiger partial charge in [0.15, 0.2) is 0 Å². The Labute approximate surface area is 87.3 Å². The second-order valence-corrected chi connectivity index (χ2v) is 1.42. The number of rotatable bonds is 3. The van der Waals surface area contributed by atoms with Crippen LogP contribution in [-0.2, 0) is 29.1 Å². The van der Waals surface area contributed by atoms with Crippen LogP contribution < -0.4 is 10.2 Å². The fourth-order valence-electron chi connectivity index (χ4n) is 0.136. The zero-order chi connectivity index (χ0) is 9.98. The van der Waals surface area contributed by atoms with E-state index in [2.05, 4.69) is 0 Å². The molecule has 6 nitrogen and oxygen atoms in total. The third kappa shape index (κ3) is 35.0. The van der Waals surface area contributed by atoms with Crippen molar-refractivity contribution >= 4 is 11.9 Å². The van der Waals surface area contributed by atoms with Crippen molar-refractivity contribution in [2.24, 2.45) is 0 Å². The Hall–Kier alpha value is -0.777. The van der Waals surface area contributed by atoms with Gasteiger partial charge in [-0.3, -0.25) is 0 Å². The van der Waals surface area contributed by atoms with Crippen molar-refractivity contribution < 1.29 is 49.5 Å². The van der Waals surface area contributed by atoms with Crippen molar-refractivity contribution in [1.29, 1.82) is 0 Å². The van der Waals surface area contributed by atoms with Crippen molar-refractivity contribution in [2.75, 3.05) is 13.2 Å². The van der Waals surface area contributed by atoms with Crippen LogP contribution in [0, 0.1) is 0 Å². The van der Waals surface area contributed by atoms with Crippen LogP contribution in [0.15, 0.2) is 12.2 Å². The summed E-state index contributed by atoms with van der Waals surface area (Å²) in [5, 5.41) is 34.1. The number of hydrogen-bond acceptors (Lipinski definition) is 6. The van der Waals surface area contributed by atoms with Gasteiger partial charge in [-0.15, -0.1) is 0 Å². The van der Waals surface area contributed by atoms with Gasteiger partial charge >= 0.3 is 19.5 Å². The van der Waals surface area contributed by atoms with Gasteiger partial charge in [-0.2, -0.15) is 0 Å². The molecule has 0 aromatic carbocycles. The quantitative estimate of drug-likeness (QED) is 0.384. The minimum atomic E-state index is -1.55. The summed E-state index contributed by atoms with van der Waals surface area (Å²) in [4.78, 5) is 18.8. The molecule has 0 aromatic heterocycles. The van der Waals surface area contributed by atoms with Crippen LogP contribution in [0.3, 0.4) is 0 Å². The molecule has 0 atom stereocenters. The Balaban J connectivity index is -0.000000173. The molecule has 2 N–H and O–H groups in total. The Kier molecular flexibility index (Phi) is 19.2. The standard InChI is InChI=1S/C4H4O4.C2H6O2.Zn/c5-3(6)1-2-4(7)8;3-1-2-4;/h1-2H,(H,5,6)(H,7,8);3-4H,1-2H2;/q;;+2/p-2/b2-1-;;. The number of carbonyl (C=O) groups excluding carboxylic acids is 2. The molecule has 0 spiro atoms. The zero-order valence-corrected chi connectivity index (χ0v) is 9.77. The Morgan fingerprint density at radius 2 is 1.23 bits per heavy atom. The van der Waals surface area contributed by atoms with E-state index in [0.717, 1.165) is 0 Å². The van der Waals surface area contributed by atoms with Crippen LogP contribution >= 0.6 is 0 Å². The molecule has 0 unspecified atom stereocenters. The molecule has 0 saturated carbocycles. The summed E-state index contributed by atoms with van der Waals surface area (Å²) in [6, 6.07) is 0. The van der Waals surface area contributed by atoms with Crippen molar-refractivity contribution in [3.63, 3.8) is 0 Å². The van der Waals surface area contributed by atoms with Gasteiger partial charge in [-0.1, -0.05) is 0 Å². The van der Waals surface area contributed by atoms with Gasteiger partial charge in [0.2, 0.25) is 0 Å². The summed E-state index contributed by atoms with van der Waals surface area (Å²) in [6.07, 6.45) is 0.769. The minimum absolute atomic E-state index is 0. The second kappa shape index (κ2) is 13.8. The van der Waals surface area contributed by atoms with E-state index in [-0.39, 0.29) is 32.7 Å². The maximum absolute atomic E-state index is 9.41. The molecule has 0 heterocycles. The number of carbonyl (C=O) groups is 2. The largest absolute Gasteiger partial charge is 2.00 e. The summed E-state index contributed by atoms with van der Waals surface area (Å²) in [7, 11) is 0. The molecular weight excluding hydrogens is 233 g/mol. The van der Waals surface area contributed by atoms with E-state index >= 15 is 0 Å². The van der Waals surface area contributed by atoms with Crippen LogP contribution in [0.25, 0.3) is 0 Å². The molecule has 0 aliphatic carbocycles. The van der Waals surface area contributed by atoms with Crippen molar-refractivity contribution in [1.82, 2.24) is 0 Å². The summed E-state index contributed by atoms with van der Waals surface area (Å²) >= 11 is 0.